The first kappa shape index (κ1) is 11.0. The van der Waals surface area contributed by atoms with Crippen molar-refractivity contribution < 1.29 is 14.7 Å². The molecule has 0 unspecified atom stereocenters. The summed E-state index contributed by atoms with van der Waals surface area (Å²) >= 11 is 0. The molecule has 0 spiro atoms. The van der Waals surface area contributed by atoms with Gasteiger partial charge in [0.25, 0.3) is 0 Å². The minimum Gasteiger partial charge on any atom is -0.481 e. The van der Waals surface area contributed by atoms with Gasteiger partial charge < -0.3 is 16.2 Å². The lowest BCUT2D eigenvalue weighted by molar-refractivity contribution is -0.146. The predicted molar refractivity (Wildman–Crippen MR) is 50.6 cm³/mol. The van der Waals surface area contributed by atoms with Gasteiger partial charge in [0.05, 0.1) is 11.0 Å². The summed E-state index contributed by atoms with van der Waals surface area (Å²) in [5.41, 5.74) is 3.96. The summed E-state index contributed by atoms with van der Waals surface area (Å²) in [6, 6.07) is 0. The third-order valence-corrected chi connectivity index (χ3v) is 2.51. The van der Waals surface area contributed by atoms with Crippen molar-refractivity contribution in [3.05, 3.63) is 0 Å². The number of rotatable bonds is 4. The van der Waals surface area contributed by atoms with Crippen LogP contribution in [0.5, 0.6) is 0 Å². The maximum absolute atomic E-state index is 11.4. The Kier molecular flexibility index (Phi) is 2.54. The normalized spacial score (nSPS) is 18.8. The van der Waals surface area contributed by atoms with Gasteiger partial charge in [-0.25, -0.2) is 0 Å². The molecule has 0 aliphatic heterocycles. The van der Waals surface area contributed by atoms with Crippen LogP contribution in [0.4, 0.5) is 0 Å². The van der Waals surface area contributed by atoms with Crippen LogP contribution in [0.3, 0.4) is 0 Å². The SMILES string of the molecule is CC(C)(CNC(=O)C1(N)CC1)C(=O)O. The number of aliphatic carboxylic acids is 1. The smallest absolute Gasteiger partial charge is 0.310 e. The molecule has 1 saturated carbocycles. The first-order valence-corrected chi connectivity index (χ1v) is 4.58. The summed E-state index contributed by atoms with van der Waals surface area (Å²) in [5, 5.41) is 11.4. The molecule has 0 radical (unpaired) electrons. The van der Waals surface area contributed by atoms with Crippen molar-refractivity contribution in [2.45, 2.75) is 32.2 Å². The van der Waals surface area contributed by atoms with Crippen molar-refractivity contribution in [1.29, 1.82) is 0 Å². The summed E-state index contributed by atoms with van der Waals surface area (Å²) in [6.45, 7) is 3.23. The van der Waals surface area contributed by atoms with Crippen LogP contribution in [0.25, 0.3) is 0 Å². The van der Waals surface area contributed by atoms with Crippen LogP contribution in [0.2, 0.25) is 0 Å². The van der Waals surface area contributed by atoms with Crippen molar-refractivity contribution in [2.75, 3.05) is 6.54 Å². The zero-order valence-electron chi connectivity index (χ0n) is 8.46. The Labute approximate surface area is 82.7 Å². The fourth-order valence-corrected chi connectivity index (χ4v) is 0.915. The number of hydrogen-bond donors (Lipinski definition) is 3. The summed E-state index contributed by atoms with van der Waals surface area (Å²) in [4.78, 5) is 22.1. The quantitative estimate of drug-likeness (QED) is 0.581. The fourth-order valence-electron chi connectivity index (χ4n) is 0.915. The second-order valence-corrected chi connectivity index (χ2v) is 4.53. The Morgan fingerprint density at radius 2 is 2.00 bits per heavy atom. The van der Waals surface area contributed by atoms with Gasteiger partial charge in [0.15, 0.2) is 0 Å². The maximum Gasteiger partial charge on any atom is 0.310 e. The molecule has 1 aliphatic rings. The third-order valence-electron chi connectivity index (χ3n) is 2.51. The number of carbonyl (C=O) groups is 2. The number of hydrogen-bond acceptors (Lipinski definition) is 3. The Balaban J connectivity index is 2.40. The number of nitrogens with one attached hydrogen (secondary N) is 1. The van der Waals surface area contributed by atoms with E-state index in [1.165, 1.54) is 0 Å². The second kappa shape index (κ2) is 3.24. The highest BCUT2D eigenvalue weighted by Gasteiger charge is 2.46. The molecular formula is C9H16N2O3. The lowest BCUT2D eigenvalue weighted by Gasteiger charge is -2.20. The fraction of sp³-hybridized carbons (Fsp3) is 0.778. The highest BCUT2D eigenvalue weighted by molar-refractivity contribution is 5.89. The molecule has 5 nitrogen and oxygen atoms in total. The van der Waals surface area contributed by atoms with Crippen molar-refractivity contribution in [2.24, 2.45) is 11.1 Å². The number of amides is 1. The van der Waals surface area contributed by atoms with E-state index in [2.05, 4.69) is 5.32 Å². The molecule has 0 saturated heterocycles. The van der Waals surface area contributed by atoms with Gasteiger partial charge in [-0.15, -0.1) is 0 Å². The van der Waals surface area contributed by atoms with Gasteiger partial charge in [-0.3, -0.25) is 9.59 Å². The standard InChI is InChI=1S/C9H16N2O3/c1-8(2,7(13)14)5-11-6(12)9(10)3-4-9/h3-5,10H2,1-2H3,(H,11,12)(H,13,14). The molecule has 0 aromatic rings. The van der Waals surface area contributed by atoms with Gasteiger partial charge >= 0.3 is 5.97 Å². The number of carboxylic acid groups (broad SMARTS) is 1. The highest BCUT2D eigenvalue weighted by atomic mass is 16.4. The largest absolute Gasteiger partial charge is 0.481 e. The topological polar surface area (TPSA) is 92.4 Å². The second-order valence-electron chi connectivity index (χ2n) is 4.53. The first-order valence-electron chi connectivity index (χ1n) is 4.58. The van der Waals surface area contributed by atoms with Crippen molar-refractivity contribution in [1.82, 2.24) is 5.32 Å². The monoisotopic (exact) mass is 200 g/mol. The van der Waals surface area contributed by atoms with Crippen molar-refractivity contribution in [3.8, 4) is 0 Å². The van der Waals surface area contributed by atoms with Gasteiger partial charge in [0.2, 0.25) is 5.91 Å². The van der Waals surface area contributed by atoms with E-state index in [9.17, 15) is 9.59 Å². The molecule has 1 aliphatic carbocycles. The lowest BCUT2D eigenvalue weighted by Crippen LogP contribution is -2.47. The van der Waals surface area contributed by atoms with Crippen molar-refractivity contribution in [3.63, 3.8) is 0 Å². The van der Waals surface area contributed by atoms with E-state index >= 15 is 0 Å². The molecule has 14 heavy (non-hydrogen) atoms. The molecule has 0 aromatic heterocycles. The van der Waals surface area contributed by atoms with Crippen LogP contribution in [-0.4, -0.2) is 29.1 Å². The van der Waals surface area contributed by atoms with Gasteiger partial charge in [-0.2, -0.15) is 0 Å². The molecule has 1 rings (SSSR count). The Morgan fingerprint density at radius 1 is 1.50 bits per heavy atom. The number of carbonyl (C=O) groups excluding carboxylic acids is 1. The molecule has 4 N–H and O–H groups in total. The molecule has 0 bridgehead atoms. The lowest BCUT2D eigenvalue weighted by atomic mass is 9.94. The van der Waals surface area contributed by atoms with E-state index in [-0.39, 0.29) is 12.5 Å². The van der Waals surface area contributed by atoms with Crippen LogP contribution in [0.15, 0.2) is 0 Å². The van der Waals surface area contributed by atoms with Gasteiger partial charge in [-0.1, -0.05) is 0 Å². The van der Waals surface area contributed by atoms with Crippen molar-refractivity contribution >= 4 is 11.9 Å². The third kappa shape index (κ3) is 2.23. The molecule has 0 aromatic carbocycles. The summed E-state index contributed by atoms with van der Waals surface area (Å²) in [5.74, 6) is -1.17. The Morgan fingerprint density at radius 3 is 2.36 bits per heavy atom. The van der Waals surface area contributed by atoms with E-state index in [0.29, 0.717) is 12.8 Å². The molecular weight excluding hydrogens is 184 g/mol. The summed E-state index contributed by atoms with van der Waals surface area (Å²) in [6.07, 6.45) is 1.37. The molecule has 0 heterocycles. The Hall–Kier alpha value is -1.10. The molecule has 1 fully saturated rings. The molecule has 5 heteroatoms. The van der Waals surface area contributed by atoms with E-state index in [4.69, 9.17) is 10.8 Å². The van der Waals surface area contributed by atoms with Gasteiger partial charge in [-0.05, 0) is 26.7 Å². The Bertz CT molecular complexity index is 269. The van der Waals surface area contributed by atoms with Crippen LogP contribution >= 0.6 is 0 Å². The summed E-state index contributed by atoms with van der Waals surface area (Å²) < 4.78 is 0. The van der Waals surface area contributed by atoms with Crippen LogP contribution in [-0.2, 0) is 9.59 Å². The highest BCUT2D eigenvalue weighted by Crippen LogP contribution is 2.32. The van der Waals surface area contributed by atoms with E-state index < -0.39 is 16.9 Å². The molecule has 0 atom stereocenters. The van der Waals surface area contributed by atoms with E-state index in [1.807, 2.05) is 0 Å². The minimum atomic E-state index is -0.944. The van der Waals surface area contributed by atoms with E-state index in [0.717, 1.165) is 0 Å². The molecule has 1 amide bonds. The number of nitrogens with two attached hydrogens (primary N) is 1. The average Bonchev–Trinajstić information content (AvgIpc) is 2.80. The van der Waals surface area contributed by atoms with Crippen LogP contribution < -0.4 is 11.1 Å². The minimum absolute atomic E-state index is 0.111. The van der Waals surface area contributed by atoms with Crippen LogP contribution in [0, 0.1) is 5.41 Å². The number of carboxylic acids is 1. The predicted octanol–water partition coefficient (Wildman–Crippen LogP) is -0.295. The zero-order chi connectivity index (χ0) is 11.0. The first-order chi connectivity index (χ1) is 6.28. The van der Waals surface area contributed by atoms with E-state index in [1.54, 1.807) is 13.8 Å². The summed E-state index contributed by atoms with van der Waals surface area (Å²) in [7, 11) is 0. The van der Waals surface area contributed by atoms with Gasteiger partial charge in [0.1, 0.15) is 0 Å². The average molecular weight is 200 g/mol. The molecule has 80 valence electrons. The maximum atomic E-state index is 11.4. The zero-order valence-corrected chi connectivity index (χ0v) is 8.46. The van der Waals surface area contributed by atoms with Crippen LogP contribution in [0.1, 0.15) is 26.7 Å². The van der Waals surface area contributed by atoms with Gasteiger partial charge in [0, 0.05) is 6.54 Å².